The molecule has 2 amide bonds. The zero-order valence-electron chi connectivity index (χ0n) is 20.2. The highest BCUT2D eigenvalue weighted by atomic mass is 79.9. The van der Waals surface area contributed by atoms with Crippen LogP contribution in [0.25, 0.3) is 0 Å². The highest BCUT2D eigenvalue weighted by Gasteiger charge is 2.39. The van der Waals surface area contributed by atoms with Gasteiger partial charge in [0.2, 0.25) is 21.8 Å². The van der Waals surface area contributed by atoms with Gasteiger partial charge in [0.05, 0.1) is 18.7 Å². The molecular weight excluding hydrogens is 534 g/mol. The van der Waals surface area contributed by atoms with E-state index in [9.17, 15) is 18.0 Å². The van der Waals surface area contributed by atoms with Crippen molar-refractivity contribution in [1.29, 1.82) is 0 Å². The lowest BCUT2D eigenvalue weighted by atomic mass is 9.98. The summed E-state index contributed by atoms with van der Waals surface area (Å²) in [4.78, 5) is 29.1. The third-order valence-corrected chi connectivity index (χ3v) is 9.07. The van der Waals surface area contributed by atoms with Crippen LogP contribution < -0.4 is 14.5 Å². The second kappa shape index (κ2) is 10.3. The molecule has 1 saturated heterocycles. The summed E-state index contributed by atoms with van der Waals surface area (Å²) in [6.45, 7) is 2.67. The van der Waals surface area contributed by atoms with E-state index in [0.717, 1.165) is 5.56 Å². The molecule has 35 heavy (non-hydrogen) atoms. The molecule has 0 bridgehead atoms. The Morgan fingerprint density at radius 2 is 1.89 bits per heavy atom. The molecule has 0 radical (unpaired) electrons. The molecule has 0 aliphatic carbocycles. The van der Waals surface area contributed by atoms with Gasteiger partial charge in [-0.2, -0.15) is 4.31 Å². The smallest absolute Gasteiger partial charge is 0.245 e. The van der Waals surface area contributed by atoms with Crippen molar-refractivity contribution in [3.8, 4) is 5.75 Å². The van der Waals surface area contributed by atoms with Crippen LogP contribution in [0.3, 0.4) is 0 Å². The van der Waals surface area contributed by atoms with E-state index in [1.54, 1.807) is 61.2 Å². The molecule has 0 N–H and O–H groups in total. The minimum absolute atomic E-state index is 0.102. The van der Waals surface area contributed by atoms with Gasteiger partial charge in [0, 0.05) is 43.3 Å². The number of rotatable bonds is 6. The molecule has 0 spiro atoms. The normalized spacial score (nSPS) is 18.3. The van der Waals surface area contributed by atoms with Crippen LogP contribution in [-0.4, -0.2) is 58.3 Å². The molecule has 2 heterocycles. The van der Waals surface area contributed by atoms with Crippen LogP contribution in [0.5, 0.6) is 5.75 Å². The summed E-state index contributed by atoms with van der Waals surface area (Å²) in [5, 5.41) is 0. The number of hydrogen-bond donors (Lipinski definition) is 0. The molecular formula is C25H30BrN3O5S. The number of fused-ring (bicyclic) bond motifs is 1. The van der Waals surface area contributed by atoms with Crippen LogP contribution in [0.15, 0.2) is 45.8 Å². The number of ether oxygens (including phenoxy) is 1. The van der Waals surface area contributed by atoms with Crippen molar-refractivity contribution >= 4 is 49.1 Å². The number of sulfonamides is 1. The van der Waals surface area contributed by atoms with E-state index in [0.29, 0.717) is 60.4 Å². The lowest BCUT2D eigenvalue weighted by molar-refractivity contribution is -0.123. The van der Waals surface area contributed by atoms with Gasteiger partial charge in [-0.3, -0.25) is 9.59 Å². The molecule has 8 nitrogen and oxygen atoms in total. The van der Waals surface area contributed by atoms with Crippen LogP contribution in [-0.2, 0) is 26.0 Å². The molecule has 0 unspecified atom stereocenters. The van der Waals surface area contributed by atoms with Gasteiger partial charge in [0.1, 0.15) is 10.6 Å². The van der Waals surface area contributed by atoms with E-state index >= 15 is 0 Å². The van der Waals surface area contributed by atoms with Crippen molar-refractivity contribution in [3.63, 3.8) is 0 Å². The summed E-state index contributed by atoms with van der Waals surface area (Å²) in [5.74, 6) is 0.00792. The monoisotopic (exact) mass is 563 g/mol. The Balaban J connectivity index is 1.60. The fraction of sp³-hybridized carbons (Fsp3) is 0.440. The third kappa shape index (κ3) is 4.96. The topological polar surface area (TPSA) is 87.2 Å². The van der Waals surface area contributed by atoms with Crippen LogP contribution >= 0.6 is 15.9 Å². The maximum absolute atomic E-state index is 13.9. The Morgan fingerprint density at radius 1 is 1.17 bits per heavy atom. The van der Waals surface area contributed by atoms with Gasteiger partial charge in [-0.15, -0.1) is 0 Å². The molecule has 2 aromatic rings. The van der Waals surface area contributed by atoms with E-state index in [4.69, 9.17) is 4.74 Å². The van der Waals surface area contributed by atoms with Crippen LogP contribution in [0.2, 0.25) is 0 Å². The summed E-state index contributed by atoms with van der Waals surface area (Å²) in [6, 6.07) is 10.6. The first kappa shape index (κ1) is 25.7. The predicted molar refractivity (Wildman–Crippen MR) is 138 cm³/mol. The molecule has 1 atom stereocenters. The van der Waals surface area contributed by atoms with Crippen molar-refractivity contribution in [2.45, 2.75) is 37.5 Å². The number of amides is 2. The molecule has 0 saturated carbocycles. The van der Waals surface area contributed by atoms with E-state index in [1.807, 2.05) is 6.07 Å². The van der Waals surface area contributed by atoms with Gasteiger partial charge in [0.15, 0.2) is 0 Å². The van der Waals surface area contributed by atoms with E-state index in [-0.39, 0.29) is 23.3 Å². The summed E-state index contributed by atoms with van der Waals surface area (Å²) in [6.07, 6.45) is 2.10. The number of piperidine rings is 1. The minimum Gasteiger partial charge on any atom is -0.497 e. The lowest BCUT2D eigenvalue weighted by Crippen LogP contribution is -2.46. The van der Waals surface area contributed by atoms with Crippen LogP contribution in [0.4, 0.5) is 11.4 Å². The van der Waals surface area contributed by atoms with Gasteiger partial charge in [-0.25, -0.2) is 8.42 Å². The average molecular weight is 565 g/mol. The number of methoxy groups -OCH3 is 1. The number of carbonyl (C=O) groups excluding carboxylic acids is 2. The summed E-state index contributed by atoms with van der Waals surface area (Å²) < 4.78 is 35.0. The largest absolute Gasteiger partial charge is 0.497 e. The first-order chi connectivity index (χ1) is 16.7. The van der Waals surface area contributed by atoms with Gasteiger partial charge >= 0.3 is 0 Å². The van der Waals surface area contributed by atoms with Crippen molar-refractivity contribution in [2.75, 3.05) is 43.6 Å². The van der Waals surface area contributed by atoms with Gasteiger partial charge < -0.3 is 14.5 Å². The molecule has 188 valence electrons. The second-order valence-electron chi connectivity index (χ2n) is 8.86. The SMILES string of the molecule is CCC(=O)N1CCc2cc(Br)cc(S(=O)(=O)N3CCC[C@@H](C(=O)N(C)c4ccc(OC)cc4)C3)c21. The molecule has 2 aromatic carbocycles. The predicted octanol–water partition coefficient (Wildman–Crippen LogP) is 3.82. The Hall–Kier alpha value is -2.43. The van der Waals surface area contributed by atoms with Crippen molar-refractivity contribution in [2.24, 2.45) is 5.92 Å². The quantitative estimate of drug-likeness (QED) is 0.533. The summed E-state index contributed by atoms with van der Waals surface area (Å²) in [7, 11) is -0.644. The van der Waals surface area contributed by atoms with Crippen molar-refractivity contribution in [3.05, 3.63) is 46.4 Å². The average Bonchev–Trinajstić information content (AvgIpc) is 3.30. The number of anilines is 2. The van der Waals surface area contributed by atoms with Crippen molar-refractivity contribution < 1.29 is 22.7 Å². The third-order valence-electron chi connectivity index (χ3n) is 6.74. The molecule has 10 heteroatoms. The number of nitrogens with zero attached hydrogens (tertiary/aromatic N) is 3. The number of hydrogen-bond acceptors (Lipinski definition) is 5. The fourth-order valence-electron chi connectivity index (χ4n) is 4.81. The first-order valence-corrected chi connectivity index (χ1v) is 13.9. The zero-order valence-corrected chi connectivity index (χ0v) is 22.6. The summed E-state index contributed by atoms with van der Waals surface area (Å²) in [5.41, 5.74) is 2.03. The van der Waals surface area contributed by atoms with Gasteiger partial charge in [-0.05, 0) is 61.2 Å². The number of halogens is 1. The Labute approximate surface area is 215 Å². The number of carbonyl (C=O) groups is 2. The maximum atomic E-state index is 13.9. The van der Waals surface area contributed by atoms with Crippen LogP contribution in [0.1, 0.15) is 31.7 Å². The highest BCUT2D eigenvalue weighted by Crippen LogP contribution is 2.40. The molecule has 1 fully saturated rings. The molecule has 2 aliphatic rings. The second-order valence-corrected chi connectivity index (χ2v) is 11.7. The number of benzene rings is 2. The Bertz CT molecular complexity index is 1230. The van der Waals surface area contributed by atoms with E-state index in [1.165, 1.54) is 4.31 Å². The van der Waals surface area contributed by atoms with Gasteiger partial charge in [-0.1, -0.05) is 22.9 Å². The minimum atomic E-state index is -3.93. The summed E-state index contributed by atoms with van der Waals surface area (Å²) >= 11 is 3.44. The first-order valence-electron chi connectivity index (χ1n) is 11.7. The Kier molecular flexibility index (Phi) is 7.54. The molecule has 2 aliphatic heterocycles. The standard InChI is InChI=1S/C25H30BrN3O5S/c1-4-23(30)29-13-11-17-14-19(26)15-22(24(17)29)35(32,33)28-12-5-6-18(16-28)25(31)27(2)20-7-9-21(34-3)10-8-20/h7-10,14-15,18H,4-6,11-13,16H2,1-3H3/t18-/m1/s1. The molecule has 0 aromatic heterocycles. The lowest BCUT2D eigenvalue weighted by Gasteiger charge is -2.34. The van der Waals surface area contributed by atoms with Crippen molar-refractivity contribution in [1.82, 2.24) is 4.31 Å². The van der Waals surface area contributed by atoms with Crippen LogP contribution in [0, 0.1) is 5.92 Å². The maximum Gasteiger partial charge on any atom is 0.245 e. The zero-order chi connectivity index (χ0) is 25.3. The highest BCUT2D eigenvalue weighted by molar-refractivity contribution is 9.10. The Morgan fingerprint density at radius 3 is 2.54 bits per heavy atom. The molecule has 4 rings (SSSR count). The van der Waals surface area contributed by atoms with E-state index in [2.05, 4.69) is 15.9 Å². The fourth-order valence-corrected chi connectivity index (χ4v) is 7.26. The van der Waals surface area contributed by atoms with E-state index < -0.39 is 15.9 Å². The van der Waals surface area contributed by atoms with Gasteiger partial charge in [0.25, 0.3) is 0 Å².